The number of hydrogen-bond acceptors (Lipinski definition) is 2. The molecule has 0 amide bonds. The maximum Gasteiger partial charge on any atom is 0.254 e. The summed E-state index contributed by atoms with van der Waals surface area (Å²) >= 11 is 0. The average Bonchev–Trinajstić information content (AvgIpc) is 2.29. The van der Waals surface area contributed by atoms with Gasteiger partial charge in [0.15, 0.2) is 0 Å². The first-order chi connectivity index (χ1) is 5.12. The van der Waals surface area contributed by atoms with Gasteiger partial charge in [-0.25, -0.2) is 0 Å². The fourth-order valence-electron chi connectivity index (χ4n) is 1.05. The van der Waals surface area contributed by atoms with E-state index in [9.17, 15) is 9.90 Å². The van der Waals surface area contributed by atoms with Crippen molar-refractivity contribution in [1.29, 1.82) is 0 Å². The maximum atomic E-state index is 11.1. The topological polar surface area (TPSA) is 53.9 Å². The monoisotopic (exact) mass is 153 g/mol. The molecule has 0 aromatic carbocycles. The van der Waals surface area contributed by atoms with Gasteiger partial charge in [-0.3, -0.25) is 4.79 Å². The number of nitrogens with two attached hydrogens (primary N) is 1. The van der Waals surface area contributed by atoms with Gasteiger partial charge in [-0.15, -0.1) is 7.05 Å². The van der Waals surface area contributed by atoms with Crippen molar-refractivity contribution in [1.82, 2.24) is 0 Å². The number of carbonyl (C=O) groups excluding carboxylic acids is 1. The molecule has 1 aliphatic rings. The molecule has 0 aromatic rings. The zero-order valence-corrected chi connectivity index (χ0v) is 6.21. The van der Waals surface area contributed by atoms with Crippen LogP contribution in [0.1, 0.15) is 6.42 Å². The first-order valence-electron chi connectivity index (χ1n) is 3.36. The molecule has 0 saturated carbocycles. The van der Waals surface area contributed by atoms with Crippen molar-refractivity contribution in [2.45, 2.75) is 12.1 Å². The fraction of sp³-hybridized carbons (Fsp3) is 0.250. The van der Waals surface area contributed by atoms with Crippen molar-refractivity contribution in [3.63, 3.8) is 0 Å². The summed E-state index contributed by atoms with van der Waals surface area (Å²) in [5.41, 5.74) is -0.679. The van der Waals surface area contributed by atoms with E-state index < -0.39 is 5.72 Å². The van der Waals surface area contributed by atoms with Crippen LogP contribution in [0.4, 0.5) is 0 Å². The zero-order chi connectivity index (χ0) is 8.48. The number of allylic oxidation sites excluding steroid dienone is 2. The molecule has 0 heterocycles. The van der Waals surface area contributed by atoms with Gasteiger partial charge in [0, 0.05) is 12.5 Å². The normalized spacial score (nSPS) is 30.4. The number of ketones is 1. The highest BCUT2D eigenvalue weighted by Gasteiger charge is 2.39. The Hall–Kier alpha value is -0.930. The molecular weight excluding hydrogens is 142 g/mol. The van der Waals surface area contributed by atoms with Gasteiger partial charge >= 0.3 is 0 Å². The highest BCUT2D eigenvalue weighted by Crippen LogP contribution is 2.19. The van der Waals surface area contributed by atoms with Crippen molar-refractivity contribution in [2.75, 3.05) is 0 Å². The highest BCUT2D eigenvalue weighted by atomic mass is 16.3. The Bertz CT molecular complexity index is 232. The second-order valence-electron chi connectivity index (χ2n) is 2.55. The van der Waals surface area contributed by atoms with Crippen LogP contribution in [0.15, 0.2) is 24.3 Å². The summed E-state index contributed by atoms with van der Waals surface area (Å²) in [7, 11) is 3.38. The van der Waals surface area contributed by atoms with E-state index in [0.717, 1.165) is 5.57 Å². The summed E-state index contributed by atoms with van der Waals surface area (Å²) in [5.74, 6) is -0.234. The van der Waals surface area contributed by atoms with E-state index in [4.69, 9.17) is 0 Å². The van der Waals surface area contributed by atoms with Crippen LogP contribution in [0.2, 0.25) is 0 Å². The molecule has 0 bridgehead atoms. The van der Waals surface area contributed by atoms with E-state index in [1.165, 1.54) is 11.4 Å². The van der Waals surface area contributed by atoms with Crippen molar-refractivity contribution in [3.05, 3.63) is 31.4 Å². The molecular formula is C8H11NO2. The molecule has 0 fully saturated rings. The Kier molecular flexibility index (Phi) is 1.93. The zero-order valence-electron chi connectivity index (χ0n) is 6.21. The number of quaternary nitrogens is 1. The van der Waals surface area contributed by atoms with E-state index in [2.05, 4.69) is 13.6 Å². The van der Waals surface area contributed by atoms with Crippen LogP contribution in [0.5, 0.6) is 0 Å². The summed E-state index contributed by atoms with van der Waals surface area (Å²) in [6, 6.07) is 0. The van der Waals surface area contributed by atoms with E-state index in [1.807, 2.05) is 0 Å². The van der Waals surface area contributed by atoms with Crippen molar-refractivity contribution in [3.8, 4) is 0 Å². The highest BCUT2D eigenvalue weighted by molar-refractivity contribution is 5.92. The largest absolute Gasteiger partial charge is 0.441 e. The molecule has 1 rings (SSSR count). The van der Waals surface area contributed by atoms with Crippen molar-refractivity contribution in [2.24, 2.45) is 0 Å². The van der Waals surface area contributed by atoms with Gasteiger partial charge in [0.25, 0.3) is 5.72 Å². The SMILES string of the molecule is C=CC1=CC(O)([NH2+][CH2-])C(=O)C1. The molecule has 60 valence electrons. The van der Waals surface area contributed by atoms with Gasteiger partial charge in [0.05, 0.1) is 0 Å². The van der Waals surface area contributed by atoms with Gasteiger partial charge < -0.3 is 10.4 Å². The third kappa shape index (κ3) is 1.25. The third-order valence-corrected chi connectivity index (χ3v) is 1.79. The van der Waals surface area contributed by atoms with Gasteiger partial charge in [0.1, 0.15) is 0 Å². The van der Waals surface area contributed by atoms with Crippen LogP contribution in [0.25, 0.3) is 0 Å². The summed E-state index contributed by atoms with van der Waals surface area (Å²) in [6.07, 6.45) is 3.31. The van der Waals surface area contributed by atoms with Crippen LogP contribution in [0.3, 0.4) is 0 Å². The lowest BCUT2D eigenvalue weighted by Crippen LogP contribution is -2.93. The van der Waals surface area contributed by atoms with Crippen LogP contribution in [-0.2, 0) is 4.79 Å². The van der Waals surface area contributed by atoms with Crippen LogP contribution < -0.4 is 5.32 Å². The van der Waals surface area contributed by atoms with Crippen LogP contribution in [-0.4, -0.2) is 16.6 Å². The smallest absolute Gasteiger partial charge is 0.254 e. The second-order valence-corrected chi connectivity index (χ2v) is 2.55. The van der Waals surface area contributed by atoms with Crippen LogP contribution >= 0.6 is 0 Å². The van der Waals surface area contributed by atoms with Crippen molar-refractivity contribution < 1.29 is 15.2 Å². The predicted molar refractivity (Wildman–Crippen MR) is 40.1 cm³/mol. The molecule has 0 radical (unpaired) electrons. The lowest BCUT2D eigenvalue weighted by molar-refractivity contribution is -0.688. The number of Topliss-reactive ketones (excluding diaryl/α,β-unsaturated/α-hetero) is 1. The number of rotatable bonds is 2. The first kappa shape index (κ1) is 8.17. The molecule has 1 aliphatic carbocycles. The van der Waals surface area contributed by atoms with E-state index in [1.54, 1.807) is 6.08 Å². The lowest BCUT2D eigenvalue weighted by Gasteiger charge is -2.16. The van der Waals surface area contributed by atoms with Gasteiger partial charge in [-0.05, 0) is 5.57 Å². The Morgan fingerprint density at radius 3 is 2.82 bits per heavy atom. The first-order valence-corrected chi connectivity index (χ1v) is 3.36. The molecule has 3 N–H and O–H groups in total. The van der Waals surface area contributed by atoms with Crippen molar-refractivity contribution >= 4 is 5.78 Å². The third-order valence-electron chi connectivity index (χ3n) is 1.79. The standard InChI is InChI=1S/C8H11NO2/c1-3-6-4-7(10)8(11,5-6)9-2/h3,5,11H,1-2,4,9H2. The second kappa shape index (κ2) is 2.60. The minimum atomic E-state index is -1.44. The molecule has 0 aromatic heterocycles. The molecule has 0 spiro atoms. The Morgan fingerprint density at radius 1 is 1.91 bits per heavy atom. The van der Waals surface area contributed by atoms with Crippen LogP contribution in [0, 0.1) is 7.05 Å². The number of carbonyl (C=O) groups is 1. The Morgan fingerprint density at radius 2 is 2.55 bits per heavy atom. The molecule has 0 aliphatic heterocycles. The predicted octanol–water partition coefficient (Wildman–Crippen LogP) is -0.885. The molecule has 1 atom stereocenters. The molecule has 3 nitrogen and oxygen atoms in total. The molecule has 1 unspecified atom stereocenters. The van der Waals surface area contributed by atoms with E-state index in [0.29, 0.717) is 0 Å². The summed E-state index contributed by atoms with van der Waals surface area (Å²) in [6.45, 7) is 3.51. The lowest BCUT2D eigenvalue weighted by atomic mass is 10.2. The number of hydrogen-bond donors (Lipinski definition) is 2. The molecule has 0 saturated heterocycles. The molecule has 3 heteroatoms. The Labute approximate surface area is 65.4 Å². The van der Waals surface area contributed by atoms with E-state index in [-0.39, 0.29) is 12.2 Å². The average molecular weight is 153 g/mol. The fourth-order valence-corrected chi connectivity index (χ4v) is 1.05. The quantitative estimate of drug-likeness (QED) is 0.399. The van der Waals surface area contributed by atoms with Gasteiger partial charge in [-0.2, -0.15) is 0 Å². The van der Waals surface area contributed by atoms with Gasteiger partial charge in [0.2, 0.25) is 5.78 Å². The molecule has 11 heavy (non-hydrogen) atoms. The minimum Gasteiger partial charge on any atom is -0.441 e. The number of aliphatic hydroxyl groups is 1. The van der Waals surface area contributed by atoms with Gasteiger partial charge in [-0.1, -0.05) is 12.7 Å². The van der Waals surface area contributed by atoms with E-state index >= 15 is 0 Å². The minimum absolute atomic E-state index is 0.234. The maximum absolute atomic E-state index is 11.1. The Balaban J connectivity index is 2.91. The summed E-state index contributed by atoms with van der Waals surface area (Å²) < 4.78 is 0. The summed E-state index contributed by atoms with van der Waals surface area (Å²) in [5, 5.41) is 10.7. The summed E-state index contributed by atoms with van der Waals surface area (Å²) in [4.78, 5) is 11.1.